The van der Waals surface area contributed by atoms with E-state index in [2.05, 4.69) is 18.8 Å². The van der Waals surface area contributed by atoms with Crippen molar-refractivity contribution >= 4 is 10.0 Å². The molecule has 0 saturated carbocycles. The molecule has 1 rings (SSSR count). The lowest BCUT2D eigenvalue weighted by Crippen LogP contribution is -2.24. The Balaban J connectivity index is 2.77. The van der Waals surface area contributed by atoms with Crippen molar-refractivity contribution in [2.75, 3.05) is 13.3 Å². The molecule has 0 atom stereocenters. The van der Waals surface area contributed by atoms with Gasteiger partial charge in [-0.2, -0.15) is 0 Å². The SMILES string of the molecule is CC(C)c1ccc(CN(C)S(C)(=O)=O)cn1. The standard InChI is InChI=1S/C11H18N2O2S/c1-9(2)11-6-5-10(7-12-11)8-13(3)16(4,14)15/h5-7,9H,8H2,1-4H3. The highest BCUT2D eigenvalue weighted by Gasteiger charge is 2.11. The van der Waals surface area contributed by atoms with E-state index in [9.17, 15) is 8.42 Å². The van der Waals surface area contributed by atoms with Gasteiger partial charge in [-0.3, -0.25) is 4.98 Å². The first-order valence-corrected chi connectivity index (χ1v) is 7.01. The zero-order chi connectivity index (χ0) is 12.3. The van der Waals surface area contributed by atoms with E-state index in [-0.39, 0.29) is 0 Å². The van der Waals surface area contributed by atoms with Crippen LogP contribution in [-0.2, 0) is 16.6 Å². The van der Waals surface area contributed by atoms with Crippen molar-refractivity contribution in [2.24, 2.45) is 0 Å². The zero-order valence-corrected chi connectivity index (χ0v) is 11.0. The monoisotopic (exact) mass is 242 g/mol. The van der Waals surface area contributed by atoms with Crippen molar-refractivity contribution in [1.82, 2.24) is 9.29 Å². The second-order valence-electron chi connectivity index (χ2n) is 4.27. The van der Waals surface area contributed by atoms with Gasteiger partial charge in [0.15, 0.2) is 0 Å². The fourth-order valence-electron chi connectivity index (χ4n) is 1.25. The molecule has 4 nitrogen and oxygen atoms in total. The van der Waals surface area contributed by atoms with E-state index < -0.39 is 10.0 Å². The molecule has 0 bridgehead atoms. The van der Waals surface area contributed by atoms with Crippen molar-refractivity contribution in [2.45, 2.75) is 26.3 Å². The molecule has 0 unspecified atom stereocenters. The van der Waals surface area contributed by atoms with Gasteiger partial charge in [0.1, 0.15) is 0 Å². The molecule has 1 aromatic heterocycles. The van der Waals surface area contributed by atoms with Crippen LogP contribution >= 0.6 is 0 Å². The number of pyridine rings is 1. The van der Waals surface area contributed by atoms with Gasteiger partial charge in [-0.05, 0) is 17.5 Å². The molecular weight excluding hydrogens is 224 g/mol. The predicted octanol–water partition coefficient (Wildman–Crippen LogP) is 1.60. The second-order valence-corrected chi connectivity index (χ2v) is 6.35. The molecule has 5 heteroatoms. The molecule has 0 saturated heterocycles. The van der Waals surface area contributed by atoms with Crippen LogP contribution in [0.1, 0.15) is 31.0 Å². The number of rotatable bonds is 4. The summed E-state index contributed by atoms with van der Waals surface area (Å²) >= 11 is 0. The molecule has 1 heterocycles. The topological polar surface area (TPSA) is 50.3 Å². The summed E-state index contributed by atoms with van der Waals surface area (Å²) in [5, 5.41) is 0. The number of sulfonamides is 1. The maximum atomic E-state index is 11.2. The molecule has 90 valence electrons. The third kappa shape index (κ3) is 3.57. The van der Waals surface area contributed by atoms with Crippen molar-refractivity contribution in [3.8, 4) is 0 Å². The molecule has 0 aliphatic heterocycles. The Morgan fingerprint density at radius 2 is 2.00 bits per heavy atom. The average Bonchev–Trinajstić information content (AvgIpc) is 2.17. The maximum absolute atomic E-state index is 11.2. The summed E-state index contributed by atoms with van der Waals surface area (Å²) in [6, 6.07) is 3.86. The fourth-order valence-corrected chi connectivity index (χ4v) is 1.63. The normalized spacial score (nSPS) is 12.4. The van der Waals surface area contributed by atoms with Gasteiger partial charge >= 0.3 is 0 Å². The molecule has 1 aromatic rings. The summed E-state index contributed by atoms with van der Waals surface area (Å²) in [5.74, 6) is 0.390. The third-order valence-corrected chi connectivity index (χ3v) is 3.67. The summed E-state index contributed by atoms with van der Waals surface area (Å²) in [5.41, 5.74) is 1.92. The van der Waals surface area contributed by atoms with Gasteiger partial charge in [0, 0.05) is 25.5 Å². The smallest absolute Gasteiger partial charge is 0.211 e. The molecular formula is C11H18N2O2S. The molecule has 0 amide bonds. The Morgan fingerprint density at radius 1 is 1.38 bits per heavy atom. The zero-order valence-electron chi connectivity index (χ0n) is 10.1. The van der Waals surface area contributed by atoms with Gasteiger partial charge in [0.05, 0.1) is 6.26 Å². The van der Waals surface area contributed by atoms with Crippen molar-refractivity contribution in [1.29, 1.82) is 0 Å². The van der Waals surface area contributed by atoms with Crippen LogP contribution < -0.4 is 0 Å². The summed E-state index contributed by atoms with van der Waals surface area (Å²) < 4.78 is 23.7. The molecule has 0 N–H and O–H groups in total. The van der Waals surface area contributed by atoms with Crippen LogP contribution in [0.15, 0.2) is 18.3 Å². The van der Waals surface area contributed by atoms with Crippen LogP contribution in [0.25, 0.3) is 0 Å². The lowest BCUT2D eigenvalue weighted by Gasteiger charge is -2.14. The number of hydrogen-bond acceptors (Lipinski definition) is 3. The largest absolute Gasteiger partial charge is 0.261 e. The van der Waals surface area contributed by atoms with Crippen LogP contribution in [0.2, 0.25) is 0 Å². The van der Waals surface area contributed by atoms with E-state index in [1.54, 1.807) is 13.2 Å². The van der Waals surface area contributed by atoms with Crippen LogP contribution in [0.4, 0.5) is 0 Å². The first-order valence-electron chi connectivity index (χ1n) is 5.17. The summed E-state index contributed by atoms with van der Waals surface area (Å²) in [7, 11) is -1.56. The highest BCUT2D eigenvalue weighted by Crippen LogP contribution is 2.12. The molecule has 0 fully saturated rings. The van der Waals surface area contributed by atoms with Crippen LogP contribution in [0.5, 0.6) is 0 Å². The van der Waals surface area contributed by atoms with Crippen molar-refractivity contribution in [3.63, 3.8) is 0 Å². The van der Waals surface area contributed by atoms with Gasteiger partial charge < -0.3 is 0 Å². The number of hydrogen-bond donors (Lipinski definition) is 0. The highest BCUT2D eigenvalue weighted by molar-refractivity contribution is 7.88. The lowest BCUT2D eigenvalue weighted by atomic mass is 10.1. The molecule has 0 aromatic carbocycles. The second kappa shape index (κ2) is 4.93. The summed E-state index contributed by atoms with van der Waals surface area (Å²) in [6.45, 7) is 4.51. The molecule has 0 spiro atoms. The Morgan fingerprint density at radius 3 is 2.38 bits per heavy atom. The minimum absolute atomic E-state index is 0.365. The van der Waals surface area contributed by atoms with Gasteiger partial charge in [0.2, 0.25) is 10.0 Å². The summed E-state index contributed by atoms with van der Waals surface area (Å²) in [4.78, 5) is 4.29. The van der Waals surface area contributed by atoms with E-state index >= 15 is 0 Å². The van der Waals surface area contributed by atoms with E-state index in [1.807, 2.05) is 12.1 Å². The van der Waals surface area contributed by atoms with Crippen LogP contribution in [-0.4, -0.2) is 31.0 Å². The Hall–Kier alpha value is -0.940. The first kappa shape index (κ1) is 13.1. The van der Waals surface area contributed by atoms with E-state index in [1.165, 1.54) is 10.6 Å². The molecule has 0 aliphatic rings. The molecule has 0 aliphatic carbocycles. The lowest BCUT2D eigenvalue weighted by molar-refractivity contribution is 0.471. The number of aromatic nitrogens is 1. The fraction of sp³-hybridized carbons (Fsp3) is 0.545. The van der Waals surface area contributed by atoms with Crippen LogP contribution in [0, 0.1) is 0 Å². The maximum Gasteiger partial charge on any atom is 0.211 e. The van der Waals surface area contributed by atoms with E-state index in [4.69, 9.17) is 0 Å². The number of nitrogens with zero attached hydrogens (tertiary/aromatic N) is 2. The van der Waals surface area contributed by atoms with E-state index in [0.717, 1.165) is 11.3 Å². The molecule has 16 heavy (non-hydrogen) atoms. The van der Waals surface area contributed by atoms with Gasteiger partial charge in [-0.25, -0.2) is 12.7 Å². The van der Waals surface area contributed by atoms with Gasteiger partial charge in [0.25, 0.3) is 0 Å². The Bertz CT molecular complexity index is 438. The van der Waals surface area contributed by atoms with Crippen molar-refractivity contribution < 1.29 is 8.42 Å². The minimum Gasteiger partial charge on any atom is -0.261 e. The third-order valence-electron chi connectivity index (χ3n) is 2.41. The summed E-state index contributed by atoms with van der Waals surface area (Å²) in [6.07, 6.45) is 2.93. The van der Waals surface area contributed by atoms with Gasteiger partial charge in [-0.15, -0.1) is 0 Å². The first-order chi connectivity index (χ1) is 7.30. The Labute approximate surface area is 97.4 Å². The minimum atomic E-state index is -3.12. The highest BCUT2D eigenvalue weighted by atomic mass is 32.2. The quantitative estimate of drug-likeness (QED) is 0.805. The van der Waals surface area contributed by atoms with Crippen molar-refractivity contribution in [3.05, 3.63) is 29.6 Å². The predicted molar refractivity (Wildman–Crippen MR) is 64.6 cm³/mol. The molecule has 0 radical (unpaired) electrons. The van der Waals surface area contributed by atoms with Crippen LogP contribution in [0.3, 0.4) is 0 Å². The van der Waals surface area contributed by atoms with Gasteiger partial charge in [-0.1, -0.05) is 19.9 Å². The average molecular weight is 242 g/mol. The van der Waals surface area contributed by atoms with E-state index in [0.29, 0.717) is 12.5 Å². The Kier molecular flexibility index (Phi) is 4.04.